The fourth-order valence-corrected chi connectivity index (χ4v) is 1.91. The molecule has 0 unspecified atom stereocenters. The summed E-state index contributed by atoms with van der Waals surface area (Å²) >= 11 is 0. The first-order chi connectivity index (χ1) is 8.56. The molecule has 0 radical (unpaired) electrons. The van der Waals surface area contributed by atoms with Crippen molar-refractivity contribution in [2.24, 2.45) is 0 Å². The monoisotopic (exact) mass is 249 g/mol. The van der Waals surface area contributed by atoms with Gasteiger partial charge in [-0.05, 0) is 30.5 Å². The van der Waals surface area contributed by atoms with E-state index >= 15 is 0 Å². The zero-order chi connectivity index (χ0) is 13.1. The number of hydrogen-bond donors (Lipinski definition) is 3. The van der Waals surface area contributed by atoms with Gasteiger partial charge in [0.25, 0.3) is 0 Å². The molecule has 0 spiro atoms. The Hall–Kier alpha value is -1.88. The Morgan fingerprint density at radius 2 is 2.11 bits per heavy atom. The predicted molar refractivity (Wildman–Crippen MR) is 64.3 cm³/mol. The minimum Gasteiger partial charge on any atom is -0.478 e. The van der Waals surface area contributed by atoms with Crippen LogP contribution < -0.4 is 5.32 Å². The molecular formula is C13H15NO4. The average Bonchev–Trinajstić information content (AvgIpc) is 2.34. The third-order valence-electron chi connectivity index (χ3n) is 3.12. The summed E-state index contributed by atoms with van der Waals surface area (Å²) in [6.07, 6.45) is 1.20. The minimum absolute atomic E-state index is 0.129. The lowest BCUT2D eigenvalue weighted by molar-refractivity contribution is -0.123. The summed E-state index contributed by atoms with van der Waals surface area (Å²) in [5, 5.41) is 20.9. The number of aromatic carboxylic acids is 1. The van der Waals surface area contributed by atoms with Crippen molar-refractivity contribution < 1.29 is 19.8 Å². The van der Waals surface area contributed by atoms with Crippen LogP contribution in [0.1, 0.15) is 28.8 Å². The predicted octanol–water partition coefficient (Wildman–Crippen LogP) is 0.567. The van der Waals surface area contributed by atoms with Gasteiger partial charge in [-0.25, -0.2) is 4.79 Å². The number of carboxylic acids is 1. The molecule has 1 aromatic carbocycles. The molecule has 1 fully saturated rings. The number of carbonyl (C=O) groups is 2. The van der Waals surface area contributed by atoms with Crippen LogP contribution in [0.4, 0.5) is 0 Å². The van der Waals surface area contributed by atoms with E-state index in [1.54, 1.807) is 12.1 Å². The van der Waals surface area contributed by atoms with Gasteiger partial charge in [-0.2, -0.15) is 0 Å². The Kier molecular flexibility index (Phi) is 3.62. The normalized spacial score (nSPS) is 22.1. The molecule has 1 aliphatic carbocycles. The molecule has 18 heavy (non-hydrogen) atoms. The van der Waals surface area contributed by atoms with Crippen LogP contribution in [0, 0.1) is 0 Å². The molecule has 1 aliphatic rings. The maximum Gasteiger partial charge on any atom is 0.335 e. The second-order valence-corrected chi connectivity index (χ2v) is 4.50. The summed E-state index contributed by atoms with van der Waals surface area (Å²) in [6.45, 7) is 0. The molecule has 5 nitrogen and oxygen atoms in total. The molecule has 2 atom stereocenters. The molecule has 1 aromatic rings. The molecule has 3 N–H and O–H groups in total. The second kappa shape index (κ2) is 5.18. The summed E-state index contributed by atoms with van der Waals surface area (Å²) in [5.74, 6) is -1.20. The van der Waals surface area contributed by atoms with Crippen molar-refractivity contribution in [3.8, 4) is 0 Å². The van der Waals surface area contributed by atoms with E-state index in [-0.39, 0.29) is 23.9 Å². The van der Waals surface area contributed by atoms with Crippen LogP contribution in [0.2, 0.25) is 0 Å². The molecule has 1 amide bonds. The van der Waals surface area contributed by atoms with Gasteiger partial charge >= 0.3 is 5.97 Å². The van der Waals surface area contributed by atoms with Crippen molar-refractivity contribution in [2.75, 3.05) is 0 Å². The van der Waals surface area contributed by atoms with E-state index in [9.17, 15) is 14.7 Å². The van der Waals surface area contributed by atoms with Gasteiger partial charge in [0.1, 0.15) is 0 Å². The third-order valence-corrected chi connectivity index (χ3v) is 3.12. The standard InChI is InChI=1S/C13H15NO4/c15-11-5-4-10(11)14-12(16)7-8-2-1-3-9(6-8)13(17)18/h1-3,6,10-11,15H,4-5,7H2,(H,14,16)(H,17,18)/t10-,11-/m1/s1. The fourth-order valence-electron chi connectivity index (χ4n) is 1.91. The number of carboxylic acid groups (broad SMARTS) is 1. The smallest absolute Gasteiger partial charge is 0.335 e. The van der Waals surface area contributed by atoms with Crippen molar-refractivity contribution in [1.82, 2.24) is 5.32 Å². The highest BCUT2D eigenvalue weighted by atomic mass is 16.4. The van der Waals surface area contributed by atoms with Gasteiger partial charge in [0, 0.05) is 0 Å². The highest BCUT2D eigenvalue weighted by Crippen LogP contribution is 2.19. The van der Waals surface area contributed by atoms with Crippen LogP contribution >= 0.6 is 0 Å². The zero-order valence-electron chi connectivity index (χ0n) is 9.80. The molecular weight excluding hydrogens is 234 g/mol. The molecule has 2 rings (SSSR count). The first kappa shape index (κ1) is 12.6. The summed E-state index contributed by atoms with van der Waals surface area (Å²) in [6, 6.07) is 6.15. The van der Waals surface area contributed by atoms with Crippen LogP contribution in [0.25, 0.3) is 0 Å². The lowest BCUT2D eigenvalue weighted by Gasteiger charge is -2.32. The van der Waals surface area contributed by atoms with Gasteiger partial charge in [0.15, 0.2) is 0 Å². The van der Waals surface area contributed by atoms with E-state index in [1.807, 2.05) is 0 Å². The summed E-state index contributed by atoms with van der Waals surface area (Å²) < 4.78 is 0. The van der Waals surface area contributed by atoms with Gasteiger partial charge in [0.2, 0.25) is 5.91 Å². The topological polar surface area (TPSA) is 86.6 Å². The maximum absolute atomic E-state index is 11.7. The Balaban J connectivity index is 1.94. The van der Waals surface area contributed by atoms with Gasteiger partial charge in [-0.1, -0.05) is 12.1 Å². The fraction of sp³-hybridized carbons (Fsp3) is 0.385. The number of aliphatic hydroxyl groups excluding tert-OH is 1. The van der Waals surface area contributed by atoms with E-state index in [2.05, 4.69) is 5.32 Å². The molecule has 1 saturated carbocycles. The zero-order valence-corrected chi connectivity index (χ0v) is 9.80. The van der Waals surface area contributed by atoms with Crippen LogP contribution in [0.15, 0.2) is 24.3 Å². The molecule has 0 saturated heterocycles. The quantitative estimate of drug-likeness (QED) is 0.728. The minimum atomic E-state index is -1.01. The number of aliphatic hydroxyl groups is 1. The SMILES string of the molecule is O=C(Cc1cccc(C(=O)O)c1)N[C@@H]1CC[C@H]1O. The van der Waals surface area contributed by atoms with Crippen LogP contribution in [-0.2, 0) is 11.2 Å². The Morgan fingerprint density at radius 1 is 1.33 bits per heavy atom. The van der Waals surface area contributed by atoms with E-state index < -0.39 is 12.1 Å². The highest BCUT2D eigenvalue weighted by Gasteiger charge is 2.29. The van der Waals surface area contributed by atoms with E-state index in [4.69, 9.17) is 5.11 Å². The summed E-state index contributed by atoms with van der Waals surface area (Å²) in [5.41, 5.74) is 0.824. The number of carbonyl (C=O) groups excluding carboxylic acids is 1. The largest absolute Gasteiger partial charge is 0.478 e. The lowest BCUT2D eigenvalue weighted by atomic mass is 9.89. The summed E-state index contributed by atoms with van der Waals surface area (Å²) in [4.78, 5) is 22.5. The first-order valence-corrected chi connectivity index (χ1v) is 5.86. The average molecular weight is 249 g/mol. The maximum atomic E-state index is 11.7. The van der Waals surface area contributed by atoms with Crippen LogP contribution in [0.5, 0.6) is 0 Å². The molecule has 5 heteroatoms. The van der Waals surface area contributed by atoms with Gasteiger partial charge in [-0.3, -0.25) is 4.79 Å². The first-order valence-electron chi connectivity index (χ1n) is 5.86. The molecule has 0 heterocycles. The van der Waals surface area contributed by atoms with Crippen molar-refractivity contribution in [2.45, 2.75) is 31.4 Å². The van der Waals surface area contributed by atoms with Gasteiger partial charge < -0.3 is 15.5 Å². The lowest BCUT2D eigenvalue weighted by Crippen LogP contribution is -2.50. The molecule has 0 aliphatic heterocycles. The Morgan fingerprint density at radius 3 is 2.67 bits per heavy atom. The second-order valence-electron chi connectivity index (χ2n) is 4.50. The third kappa shape index (κ3) is 2.87. The molecule has 96 valence electrons. The number of nitrogens with one attached hydrogen (secondary N) is 1. The molecule has 0 bridgehead atoms. The van der Waals surface area contributed by atoms with Crippen molar-refractivity contribution in [3.05, 3.63) is 35.4 Å². The van der Waals surface area contributed by atoms with Crippen molar-refractivity contribution in [1.29, 1.82) is 0 Å². The number of rotatable bonds is 4. The molecule has 0 aromatic heterocycles. The van der Waals surface area contributed by atoms with Crippen molar-refractivity contribution >= 4 is 11.9 Å². The van der Waals surface area contributed by atoms with Gasteiger partial charge in [0.05, 0.1) is 24.1 Å². The van der Waals surface area contributed by atoms with E-state index in [1.165, 1.54) is 12.1 Å². The van der Waals surface area contributed by atoms with Crippen LogP contribution in [-0.4, -0.2) is 34.2 Å². The number of benzene rings is 1. The van der Waals surface area contributed by atoms with E-state index in [0.717, 1.165) is 12.8 Å². The van der Waals surface area contributed by atoms with Gasteiger partial charge in [-0.15, -0.1) is 0 Å². The Bertz CT molecular complexity index is 472. The summed E-state index contributed by atoms with van der Waals surface area (Å²) in [7, 11) is 0. The van der Waals surface area contributed by atoms with Crippen LogP contribution in [0.3, 0.4) is 0 Å². The number of hydrogen-bond acceptors (Lipinski definition) is 3. The van der Waals surface area contributed by atoms with Crippen molar-refractivity contribution in [3.63, 3.8) is 0 Å². The Labute approximate surface area is 104 Å². The van der Waals surface area contributed by atoms with E-state index in [0.29, 0.717) is 5.56 Å². The number of amides is 1. The highest BCUT2D eigenvalue weighted by molar-refractivity contribution is 5.88.